The SMILES string of the molecule is COc1cccc(Sc2cc(F)cc(CCN)c2)c1. The molecule has 0 unspecified atom stereocenters. The molecule has 2 N–H and O–H groups in total. The van der Waals surface area contributed by atoms with Gasteiger partial charge in [0, 0.05) is 9.79 Å². The first-order chi connectivity index (χ1) is 9.21. The zero-order chi connectivity index (χ0) is 13.7. The third kappa shape index (κ3) is 3.98. The number of rotatable bonds is 5. The molecule has 0 heterocycles. The second kappa shape index (κ2) is 6.59. The Bertz CT molecular complexity index is 560. The maximum Gasteiger partial charge on any atom is 0.124 e. The zero-order valence-electron chi connectivity index (χ0n) is 10.7. The summed E-state index contributed by atoms with van der Waals surface area (Å²) in [6.45, 7) is 0.521. The van der Waals surface area contributed by atoms with Crippen LogP contribution in [0.3, 0.4) is 0 Å². The summed E-state index contributed by atoms with van der Waals surface area (Å²) < 4.78 is 18.7. The van der Waals surface area contributed by atoms with E-state index in [9.17, 15) is 4.39 Å². The fourth-order valence-electron chi connectivity index (χ4n) is 1.79. The summed E-state index contributed by atoms with van der Waals surface area (Å²) in [5, 5.41) is 0. The van der Waals surface area contributed by atoms with Crippen LogP contribution in [0.5, 0.6) is 5.75 Å². The minimum Gasteiger partial charge on any atom is -0.497 e. The lowest BCUT2D eigenvalue weighted by molar-refractivity contribution is 0.413. The molecule has 0 aliphatic carbocycles. The molecular weight excluding hydrogens is 261 g/mol. The summed E-state index contributed by atoms with van der Waals surface area (Å²) in [4.78, 5) is 1.89. The monoisotopic (exact) mass is 277 g/mol. The van der Waals surface area contributed by atoms with E-state index < -0.39 is 0 Å². The van der Waals surface area contributed by atoms with Gasteiger partial charge < -0.3 is 10.5 Å². The van der Waals surface area contributed by atoms with Crippen molar-refractivity contribution in [3.8, 4) is 5.75 Å². The number of nitrogens with two attached hydrogens (primary N) is 1. The average Bonchev–Trinajstić information content (AvgIpc) is 2.38. The van der Waals surface area contributed by atoms with E-state index in [2.05, 4.69) is 0 Å². The lowest BCUT2D eigenvalue weighted by atomic mass is 10.1. The molecule has 0 saturated heterocycles. The summed E-state index contributed by atoms with van der Waals surface area (Å²) >= 11 is 1.51. The van der Waals surface area contributed by atoms with Gasteiger partial charge >= 0.3 is 0 Å². The third-order valence-electron chi connectivity index (χ3n) is 2.64. The van der Waals surface area contributed by atoms with E-state index in [0.717, 1.165) is 21.1 Å². The van der Waals surface area contributed by atoms with Crippen LogP contribution >= 0.6 is 11.8 Å². The van der Waals surface area contributed by atoms with Crippen LogP contribution in [0, 0.1) is 5.82 Å². The Hall–Kier alpha value is -1.52. The summed E-state index contributed by atoms with van der Waals surface area (Å²) in [7, 11) is 1.63. The molecule has 4 heteroatoms. The smallest absolute Gasteiger partial charge is 0.124 e. The van der Waals surface area contributed by atoms with E-state index in [4.69, 9.17) is 10.5 Å². The van der Waals surface area contributed by atoms with Crippen LogP contribution in [0.4, 0.5) is 4.39 Å². The van der Waals surface area contributed by atoms with Crippen LogP contribution in [-0.4, -0.2) is 13.7 Å². The first kappa shape index (κ1) is 13.9. The van der Waals surface area contributed by atoms with Crippen LogP contribution < -0.4 is 10.5 Å². The Morgan fingerprint density at radius 2 is 2.00 bits per heavy atom. The van der Waals surface area contributed by atoms with Crippen LogP contribution in [0.15, 0.2) is 52.3 Å². The molecule has 2 rings (SSSR count). The summed E-state index contributed by atoms with van der Waals surface area (Å²) in [5.74, 6) is 0.569. The molecule has 100 valence electrons. The maximum absolute atomic E-state index is 13.5. The fourth-order valence-corrected chi connectivity index (χ4v) is 2.77. The van der Waals surface area contributed by atoms with Crippen molar-refractivity contribution >= 4 is 11.8 Å². The van der Waals surface area contributed by atoms with Gasteiger partial charge in [-0.25, -0.2) is 4.39 Å². The normalized spacial score (nSPS) is 10.5. The number of hydrogen-bond donors (Lipinski definition) is 1. The lowest BCUT2D eigenvalue weighted by Crippen LogP contribution is -2.03. The Morgan fingerprint density at radius 3 is 2.74 bits per heavy atom. The largest absolute Gasteiger partial charge is 0.497 e. The number of hydrogen-bond acceptors (Lipinski definition) is 3. The predicted molar refractivity (Wildman–Crippen MR) is 76.3 cm³/mol. The Balaban J connectivity index is 2.22. The van der Waals surface area contributed by atoms with Crippen molar-refractivity contribution in [3.63, 3.8) is 0 Å². The van der Waals surface area contributed by atoms with E-state index in [0.29, 0.717) is 13.0 Å². The van der Waals surface area contributed by atoms with E-state index in [1.54, 1.807) is 7.11 Å². The summed E-state index contributed by atoms with van der Waals surface area (Å²) in [5.41, 5.74) is 6.43. The molecule has 0 amide bonds. The molecule has 0 aliphatic rings. The van der Waals surface area contributed by atoms with E-state index >= 15 is 0 Å². The highest BCUT2D eigenvalue weighted by molar-refractivity contribution is 7.99. The van der Waals surface area contributed by atoms with Crippen molar-refractivity contribution in [3.05, 3.63) is 53.8 Å². The molecule has 0 aliphatic heterocycles. The van der Waals surface area contributed by atoms with Gasteiger partial charge in [0.25, 0.3) is 0 Å². The average molecular weight is 277 g/mol. The van der Waals surface area contributed by atoms with Gasteiger partial charge in [-0.2, -0.15) is 0 Å². The zero-order valence-corrected chi connectivity index (χ0v) is 11.5. The summed E-state index contributed by atoms with van der Waals surface area (Å²) in [6.07, 6.45) is 0.684. The number of benzene rings is 2. The maximum atomic E-state index is 13.5. The van der Waals surface area contributed by atoms with Crippen molar-refractivity contribution in [1.82, 2.24) is 0 Å². The van der Waals surface area contributed by atoms with Crippen molar-refractivity contribution in [2.75, 3.05) is 13.7 Å². The topological polar surface area (TPSA) is 35.2 Å². The minimum absolute atomic E-state index is 0.226. The molecule has 0 atom stereocenters. The van der Waals surface area contributed by atoms with Gasteiger partial charge in [0.2, 0.25) is 0 Å². The number of methoxy groups -OCH3 is 1. The second-order valence-corrected chi connectivity index (χ2v) is 5.26. The van der Waals surface area contributed by atoms with Gasteiger partial charge in [0.15, 0.2) is 0 Å². The van der Waals surface area contributed by atoms with Crippen molar-refractivity contribution in [1.29, 1.82) is 0 Å². The van der Waals surface area contributed by atoms with E-state index in [1.807, 2.05) is 30.3 Å². The van der Waals surface area contributed by atoms with Crippen molar-refractivity contribution in [2.45, 2.75) is 16.2 Å². The standard InChI is InChI=1S/C15H16FNOS/c1-18-13-3-2-4-14(10-13)19-15-8-11(5-6-17)7-12(16)9-15/h2-4,7-10H,5-6,17H2,1H3. The van der Waals surface area contributed by atoms with E-state index in [-0.39, 0.29) is 5.82 Å². The lowest BCUT2D eigenvalue weighted by Gasteiger charge is -2.07. The Labute approximate surface area is 116 Å². The van der Waals surface area contributed by atoms with E-state index in [1.165, 1.54) is 23.9 Å². The third-order valence-corrected chi connectivity index (χ3v) is 3.60. The highest BCUT2D eigenvalue weighted by Crippen LogP contribution is 2.31. The van der Waals surface area contributed by atoms with Gasteiger partial charge in [-0.05, 0) is 54.9 Å². The molecule has 0 radical (unpaired) electrons. The minimum atomic E-state index is -0.226. The molecule has 0 fully saturated rings. The van der Waals surface area contributed by atoms with Crippen molar-refractivity contribution in [2.24, 2.45) is 5.73 Å². The van der Waals surface area contributed by atoms with Gasteiger partial charge in [-0.3, -0.25) is 0 Å². The van der Waals surface area contributed by atoms with Crippen molar-refractivity contribution < 1.29 is 9.13 Å². The molecule has 0 saturated carbocycles. The molecule has 2 nitrogen and oxygen atoms in total. The molecule has 0 aromatic heterocycles. The number of halogens is 1. The fraction of sp³-hybridized carbons (Fsp3) is 0.200. The highest BCUT2D eigenvalue weighted by Gasteiger charge is 2.04. The van der Waals surface area contributed by atoms with Gasteiger partial charge in [-0.15, -0.1) is 0 Å². The second-order valence-electron chi connectivity index (χ2n) is 4.11. The summed E-state index contributed by atoms with van der Waals surface area (Å²) in [6, 6.07) is 12.7. The Kier molecular flexibility index (Phi) is 4.82. The van der Waals surface area contributed by atoms with Crippen LogP contribution in [-0.2, 0) is 6.42 Å². The first-order valence-corrected chi connectivity index (χ1v) is 6.84. The van der Waals surface area contributed by atoms with Gasteiger partial charge in [0.1, 0.15) is 11.6 Å². The predicted octanol–water partition coefficient (Wildman–Crippen LogP) is 3.49. The van der Waals surface area contributed by atoms with Crippen LogP contribution in [0.1, 0.15) is 5.56 Å². The Morgan fingerprint density at radius 1 is 1.16 bits per heavy atom. The molecule has 0 spiro atoms. The van der Waals surface area contributed by atoms with Gasteiger partial charge in [0.05, 0.1) is 7.11 Å². The van der Waals surface area contributed by atoms with Gasteiger partial charge in [-0.1, -0.05) is 17.8 Å². The van der Waals surface area contributed by atoms with Crippen LogP contribution in [0.2, 0.25) is 0 Å². The molecule has 2 aromatic carbocycles. The first-order valence-electron chi connectivity index (χ1n) is 6.02. The van der Waals surface area contributed by atoms with Crippen LogP contribution in [0.25, 0.3) is 0 Å². The molecular formula is C15H16FNOS. The molecule has 0 bridgehead atoms. The number of ether oxygens (including phenoxy) is 1. The highest BCUT2D eigenvalue weighted by atomic mass is 32.2. The quantitative estimate of drug-likeness (QED) is 0.908. The molecule has 19 heavy (non-hydrogen) atoms. The molecule has 2 aromatic rings.